The highest BCUT2D eigenvalue weighted by Gasteiger charge is 2.14. The third kappa shape index (κ3) is 3.17. The van der Waals surface area contributed by atoms with Gasteiger partial charge in [0.05, 0.1) is 5.69 Å². The molecule has 17 heavy (non-hydrogen) atoms. The fourth-order valence-corrected chi connectivity index (χ4v) is 2.73. The Morgan fingerprint density at radius 3 is 2.82 bits per heavy atom. The monoisotopic (exact) mass is 249 g/mol. The third-order valence-electron chi connectivity index (χ3n) is 2.73. The molecule has 92 valence electrons. The second-order valence-electron chi connectivity index (χ2n) is 5.12. The molecule has 0 radical (unpaired) electrons. The van der Waals surface area contributed by atoms with Crippen LogP contribution in [-0.2, 0) is 6.42 Å². The number of aromatic nitrogens is 2. The first-order valence-electron chi connectivity index (χ1n) is 5.84. The highest BCUT2D eigenvalue weighted by Crippen LogP contribution is 2.29. The van der Waals surface area contributed by atoms with E-state index in [-0.39, 0.29) is 5.54 Å². The molecule has 0 aliphatic heterocycles. The molecule has 3 N–H and O–H groups in total. The minimum absolute atomic E-state index is 0.106. The molecule has 3 nitrogen and oxygen atoms in total. The summed E-state index contributed by atoms with van der Waals surface area (Å²) in [4.78, 5) is 9.02. The summed E-state index contributed by atoms with van der Waals surface area (Å²) in [6.45, 7) is 6.21. The van der Waals surface area contributed by atoms with Gasteiger partial charge < -0.3 is 10.7 Å². The number of aryl methyl sites for hydroxylation is 2. The molecule has 0 unspecified atom stereocenters. The van der Waals surface area contributed by atoms with Crippen molar-refractivity contribution < 1.29 is 0 Å². The maximum absolute atomic E-state index is 6.01. The van der Waals surface area contributed by atoms with Gasteiger partial charge in [-0.2, -0.15) is 0 Å². The molecule has 2 aromatic rings. The largest absolute Gasteiger partial charge is 0.367 e. The molecule has 4 heteroatoms. The van der Waals surface area contributed by atoms with Crippen LogP contribution in [0.4, 0.5) is 0 Å². The van der Waals surface area contributed by atoms with E-state index in [2.05, 4.69) is 36.8 Å². The van der Waals surface area contributed by atoms with Gasteiger partial charge >= 0.3 is 0 Å². The molecule has 2 rings (SSSR count). The molecule has 0 spiro atoms. The van der Waals surface area contributed by atoms with Gasteiger partial charge in [-0.1, -0.05) is 0 Å². The zero-order valence-electron chi connectivity index (χ0n) is 10.6. The van der Waals surface area contributed by atoms with E-state index in [1.54, 1.807) is 11.3 Å². The van der Waals surface area contributed by atoms with Gasteiger partial charge in [-0.05, 0) is 39.7 Å². The first-order chi connectivity index (χ1) is 7.96. The first kappa shape index (κ1) is 12.3. The lowest BCUT2D eigenvalue weighted by atomic mass is 9.99. The molecule has 0 atom stereocenters. The second kappa shape index (κ2) is 4.63. The molecule has 0 aromatic carbocycles. The summed E-state index contributed by atoms with van der Waals surface area (Å²) in [5, 5.41) is 1.09. The quantitative estimate of drug-likeness (QED) is 0.874. The Bertz CT molecular complexity index is 477. The van der Waals surface area contributed by atoms with Gasteiger partial charge in [0.2, 0.25) is 0 Å². The van der Waals surface area contributed by atoms with Gasteiger partial charge in [0.25, 0.3) is 0 Å². The minimum Gasteiger partial charge on any atom is -0.367 e. The number of hydrogen-bond donors (Lipinski definition) is 2. The van der Waals surface area contributed by atoms with Crippen LogP contribution in [-0.4, -0.2) is 15.5 Å². The van der Waals surface area contributed by atoms with E-state index in [4.69, 9.17) is 5.73 Å². The molecule has 0 amide bonds. The average Bonchev–Trinajstić information content (AvgIpc) is 2.82. The van der Waals surface area contributed by atoms with Crippen molar-refractivity contribution in [1.82, 2.24) is 9.97 Å². The Morgan fingerprint density at radius 1 is 1.47 bits per heavy atom. The second-order valence-corrected chi connectivity index (χ2v) is 6.20. The summed E-state index contributed by atoms with van der Waals surface area (Å²) in [5.74, 6) is 0. The lowest BCUT2D eigenvalue weighted by Gasteiger charge is -2.17. The smallest absolute Gasteiger partial charge is 0.125 e. The Hall–Kier alpha value is -1.13. The van der Waals surface area contributed by atoms with Crippen LogP contribution in [0, 0.1) is 6.92 Å². The van der Waals surface area contributed by atoms with Crippen molar-refractivity contribution in [2.75, 3.05) is 0 Å². The number of nitrogens with one attached hydrogen (secondary N) is 1. The Labute approximate surface area is 106 Å². The molecule has 0 aliphatic rings. The summed E-state index contributed by atoms with van der Waals surface area (Å²) in [5.41, 5.74) is 8.21. The molecule has 2 aromatic heterocycles. The predicted octanol–water partition coefficient (Wildman–Crippen LogP) is 3.12. The summed E-state index contributed by atoms with van der Waals surface area (Å²) >= 11 is 1.77. The van der Waals surface area contributed by atoms with E-state index >= 15 is 0 Å². The summed E-state index contributed by atoms with van der Waals surface area (Å²) in [6.07, 6.45) is 5.91. The van der Waals surface area contributed by atoms with Gasteiger partial charge in [-0.15, -0.1) is 11.3 Å². The van der Waals surface area contributed by atoms with Gasteiger partial charge in [-0.25, -0.2) is 4.98 Å². The molecule has 0 saturated heterocycles. The van der Waals surface area contributed by atoms with Crippen molar-refractivity contribution in [3.05, 3.63) is 29.0 Å². The Morgan fingerprint density at radius 2 is 2.24 bits per heavy atom. The van der Waals surface area contributed by atoms with Gasteiger partial charge in [0, 0.05) is 28.4 Å². The highest BCUT2D eigenvalue weighted by atomic mass is 32.1. The van der Waals surface area contributed by atoms with E-state index in [0.717, 1.165) is 29.1 Å². The number of thiazole rings is 1. The summed E-state index contributed by atoms with van der Waals surface area (Å²) in [6, 6.07) is 2.05. The van der Waals surface area contributed by atoms with E-state index in [0.29, 0.717) is 0 Å². The van der Waals surface area contributed by atoms with Gasteiger partial charge in [0.15, 0.2) is 0 Å². The number of hydrogen-bond acceptors (Lipinski definition) is 3. The highest BCUT2D eigenvalue weighted by molar-refractivity contribution is 7.15. The number of H-pyrrole nitrogens is 1. The molecule has 0 bridgehead atoms. The van der Waals surface area contributed by atoms with Crippen molar-refractivity contribution in [3.8, 4) is 10.6 Å². The zero-order valence-corrected chi connectivity index (χ0v) is 11.4. The molecular weight excluding hydrogens is 230 g/mol. The van der Waals surface area contributed by atoms with E-state index in [1.165, 1.54) is 4.88 Å². The van der Waals surface area contributed by atoms with Crippen molar-refractivity contribution >= 4 is 11.3 Å². The summed E-state index contributed by atoms with van der Waals surface area (Å²) < 4.78 is 0. The third-order valence-corrected chi connectivity index (χ3v) is 4.00. The lowest BCUT2D eigenvalue weighted by Crippen LogP contribution is -2.32. The zero-order chi connectivity index (χ0) is 12.5. The molecular formula is C13H19N3S. The Balaban J connectivity index is 2.14. The Kier molecular flexibility index (Phi) is 3.35. The molecule has 0 fully saturated rings. The van der Waals surface area contributed by atoms with Crippen LogP contribution in [0.2, 0.25) is 0 Å². The molecule has 0 aliphatic carbocycles. The first-order valence-corrected chi connectivity index (χ1v) is 6.66. The van der Waals surface area contributed by atoms with Crippen molar-refractivity contribution in [2.24, 2.45) is 5.73 Å². The standard InChI is InChI=1S/C13H19N3S/c1-9-11(4-6-13(2,3)14)17-12(16-9)10-5-7-15-8-10/h5,7-8,15H,4,6,14H2,1-3H3. The van der Waals surface area contributed by atoms with Crippen molar-refractivity contribution in [2.45, 2.75) is 39.2 Å². The maximum Gasteiger partial charge on any atom is 0.125 e. The van der Waals surface area contributed by atoms with Crippen LogP contribution in [0.3, 0.4) is 0 Å². The van der Waals surface area contributed by atoms with E-state index in [1.807, 2.05) is 12.4 Å². The number of aromatic amines is 1. The maximum atomic E-state index is 6.01. The minimum atomic E-state index is -0.106. The topological polar surface area (TPSA) is 54.7 Å². The van der Waals surface area contributed by atoms with Crippen LogP contribution >= 0.6 is 11.3 Å². The normalized spacial score (nSPS) is 12.0. The van der Waals surface area contributed by atoms with Gasteiger partial charge in [-0.3, -0.25) is 0 Å². The fourth-order valence-electron chi connectivity index (χ4n) is 1.68. The van der Waals surface area contributed by atoms with Gasteiger partial charge in [0.1, 0.15) is 5.01 Å². The van der Waals surface area contributed by atoms with Crippen LogP contribution in [0.15, 0.2) is 18.5 Å². The van der Waals surface area contributed by atoms with E-state index < -0.39 is 0 Å². The number of nitrogens with two attached hydrogens (primary N) is 1. The van der Waals surface area contributed by atoms with Crippen LogP contribution in [0.5, 0.6) is 0 Å². The number of rotatable bonds is 4. The van der Waals surface area contributed by atoms with Crippen LogP contribution < -0.4 is 5.73 Å². The molecule has 2 heterocycles. The number of nitrogens with zero attached hydrogens (tertiary/aromatic N) is 1. The van der Waals surface area contributed by atoms with E-state index in [9.17, 15) is 0 Å². The molecule has 0 saturated carbocycles. The predicted molar refractivity (Wildman–Crippen MR) is 73.2 cm³/mol. The van der Waals surface area contributed by atoms with Crippen molar-refractivity contribution in [3.63, 3.8) is 0 Å². The SMILES string of the molecule is Cc1nc(-c2cc[nH]c2)sc1CCC(C)(C)N. The van der Waals surface area contributed by atoms with Crippen LogP contribution in [0.25, 0.3) is 10.6 Å². The summed E-state index contributed by atoms with van der Waals surface area (Å²) in [7, 11) is 0. The van der Waals surface area contributed by atoms with Crippen LogP contribution in [0.1, 0.15) is 30.8 Å². The lowest BCUT2D eigenvalue weighted by molar-refractivity contribution is 0.478. The van der Waals surface area contributed by atoms with Crippen molar-refractivity contribution in [1.29, 1.82) is 0 Å². The fraction of sp³-hybridized carbons (Fsp3) is 0.462. The average molecular weight is 249 g/mol.